The standard InChI is InChI=1S/C13H15F3N6/c1-8-20-21-11-3-2-9(7-22(8)11)6-18-12-17-5-4-10(19-12)13(14,15)16/h4-5,9H,2-3,6-7H2,1H3,(H,17,18,19)/t9-/m0/s1. The minimum Gasteiger partial charge on any atom is -0.354 e. The molecule has 0 fully saturated rings. The minimum atomic E-state index is -4.46. The van der Waals surface area contributed by atoms with E-state index in [0.717, 1.165) is 43.3 Å². The van der Waals surface area contributed by atoms with Crippen molar-refractivity contribution in [3.05, 3.63) is 29.6 Å². The second-order valence-corrected chi connectivity index (χ2v) is 5.32. The van der Waals surface area contributed by atoms with Gasteiger partial charge in [0.15, 0.2) is 0 Å². The van der Waals surface area contributed by atoms with Crippen molar-refractivity contribution in [3.63, 3.8) is 0 Å². The van der Waals surface area contributed by atoms with Crippen molar-refractivity contribution in [2.45, 2.75) is 32.5 Å². The molecule has 0 radical (unpaired) electrons. The van der Waals surface area contributed by atoms with E-state index in [-0.39, 0.29) is 11.9 Å². The third kappa shape index (κ3) is 3.02. The van der Waals surface area contributed by atoms with E-state index in [2.05, 4.69) is 25.5 Å². The fourth-order valence-electron chi connectivity index (χ4n) is 2.53. The summed E-state index contributed by atoms with van der Waals surface area (Å²) in [4.78, 5) is 7.34. The Labute approximate surface area is 124 Å². The van der Waals surface area contributed by atoms with Crippen molar-refractivity contribution < 1.29 is 13.2 Å². The topological polar surface area (TPSA) is 68.5 Å². The summed E-state index contributed by atoms with van der Waals surface area (Å²) in [6.45, 7) is 3.15. The second kappa shape index (κ2) is 5.54. The fraction of sp³-hybridized carbons (Fsp3) is 0.538. The van der Waals surface area contributed by atoms with Crippen LogP contribution in [0.25, 0.3) is 0 Å². The highest BCUT2D eigenvalue weighted by molar-refractivity contribution is 5.26. The molecule has 0 saturated carbocycles. The maximum Gasteiger partial charge on any atom is 0.433 e. The lowest BCUT2D eigenvalue weighted by atomic mass is 9.99. The zero-order chi connectivity index (χ0) is 15.7. The van der Waals surface area contributed by atoms with Gasteiger partial charge < -0.3 is 9.88 Å². The van der Waals surface area contributed by atoms with Crippen molar-refractivity contribution in [2.24, 2.45) is 5.92 Å². The average Bonchev–Trinajstić information content (AvgIpc) is 2.86. The van der Waals surface area contributed by atoms with E-state index in [0.29, 0.717) is 6.54 Å². The Kier molecular flexibility index (Phi) is 3.71. The molecular weight excluding hydrogens is 297 g/mol. The minimum absolute atomic E-state index is 0.00102. The quantitative estimate of drug-likeness (QED) is 0.939. The number of aromatic nitrogens is 5. The lowest BCUT2D eigenvalue weighted by Crippen LogP contribution is -2.27. The van der Waals surface area contributed by atoms with E-state index in [1.165, 1.54) is 0 Å². The summed E-state index contributed by atoms with van der Waals surface area (Å²) in [7, 11) is 0. The van der Waals surface area contributed by atoms with Crippen LogP contribution in [0.2, 0.25) is 0 Å². The van der Waals surface area contributed by atoms with Gasteiger partial charge in [-0.15, -0.1) is 10.2 Å². The van der Waals surface area contributed by atoms with Gasteiger partial charge >= 0.3 is 6.18 Å². The Bertz CT molecular complexity index is 666. The van der Waals surface area contributed by atoms with Crippen LogP contribution in [0.5, 0.6) is 0 Å². The Morgan fingerprint density at radius 2 is 2.18 bits per heavy atom. The summed E-state index contributed by atoms with van der Waals surface area (Å²) in [6.07, 6.45) is -1.62. The molecule has 0 unspecified atom stereocenters. The summed E-state index contributed by atoms with van der Waals surface area (Å²) in [5.41, 5.74) is -0.939. The van der Waals surface area contributed by atoms with Crippen molar-refractivity contribution in [2.75, 3.05) is 11.9 Å². The van der Waals surface area contributed by atoms with E-state index < -0.39 is 11.9 Å². The number of nitrogens with zero attached hydrogens (tertiary/aromatic N) is 5. The first-order valence-corrected chi connectivity index (χ1v) is 6.96. The zero-order valence-electron chi connectivity index (χ0n) is 11.9. The van der Waals surface area contributed by atoms with Crippen LogP contribution in [0.1, 0.15) is 23.8 Å². The summed E-state index contributed by atoms with van der Waals surface area (Å²) in [5.74, 6) is 2.10. The number of anilines is 1. The van der Waals surface area contributed by atoms with E-state index in [9.17, 15) is 13.2 Å². The van der Waals surface area contributed by atoms with Gasteiger partial charge in [0.25, 0.3) is 0 Å². The maximum absolute atomic E-state index is 12.6. The summed E-state index contributed by atoms with van der Waals surface area (Å²) >= 11 is 0. The maximum atomic E-state index is 12.6. The number of halogens is 3. The normalized spacial score (nSPS) is 18.1. The molecule has 0 bridgehead atoms. The zero-order valence-corrected chi connectivity index (χ0v) is 11.9. The Balaban J connectivity index is 1.63. The van der Waals surface area contributed by atoms with Gasteiger partial charge in [-0.05, 0) is 25.3 Å². The lowest BCUT2D eigenvalue weighted by molar-refractivity contribution is -0.141. The molecule has 0 saturated heterocycles. The lowest BCUT2D eigenvalue weighted by Gasteiger charge is -2.24. The average molecular weight is 312 g/mol. The molecule has 1 aliphatic heterocycles. The molecule has 6 nitrogen and oxygen atoms in total. The highest BCUT2D eigenvalue weighted by Gasteiger charge is 2.32. The van der Waals surface area contributed by atoms with Gasteiger partial charge in [0.2, 0.25) is 5.95 Å². The molecule has 1 N–H and O–H groups in total. The smallest absolute Gasteiger partial charge is 0.354 e. The van der Waals surface area contributed by atoms with Gasteiger partial charge in [-0.25, -0.2) is 9.97 Å². The van der Waals surface area contributed by atoms with Crippen molar-refractivity contribution in [1.82, 2.24) is 24.7 Å². The molecule has 2 aromatic rings. The molecule has 118 valence electrons. The summed E-state index contributed by atoms with van der Waals surface area (Å²) in [5, 5.41) is 11.0. The van der Waals surface area contributed by atoms with Crippen LogP contribution in [0.4, 0.5) is 19.1 Å². The Morgan fingerprint density at radius 3 is 2.95 bits per heavy atom. The van der Waals surface area contributed by atoms with Crippen LogP contribution in [-0.4, -0.2) is 31.3 Å². The number of hydrogen-bond acceptors (Lipinski definition) is 5. The summed E-state index contributed by atoms with van der Waals surface area (Å²) < 4.78 is 39.8. The Morgan fingerprint density at radius 1 is 1.36 bits per heavy atom. The van der Waals surface area contributed by atoms with Gasteiger partial charge in [0.1, 0.15) is 17.3 Å². The molecular formula is C13H15F3N6. The van der Waals surface area contributed by atoms with Crippen molar-refractivity contribution >= 4 is 5.95 Å². The largest absolute Gasteiger partial charge is 0.433 e. The van der Waals surface area contributed by atoms with Gasteiger partial charge in [-0.1, -0.05) is 0 Å². The highest BCUT2D eigenvalue weighted by Crippen LogP contribution is 2.27. The first kappa shape index (κ1) is 14.7. The monoisotopic (exact) mass is 312 g/mol. The SMILES string of the molecule is Cc1nnc2n1C[C@H](CNc1nccc(C(F)(F)F)n1)CC2. The van der Waals surface area contributed by atoms with Crippen LogP contribution in [0.15, 0.2) is 12.3 Å². The van der Waals surface area contributed by atoms with Gasteiger partial charge in [0, 0.05) is 25.7 Å². The third-order valence-electron chi connectivity index (χ3n) is 3.72. The van der Waals surface area contributed by atoms with Crippen molar-refractivity contribution in [1.29, 1.82) is 0 Å². The Hall–Kier alpha value is -2.19. The number of rotatable bonds is 3. The number of aryl methyl sites for hydroxylation is 2. The molecule has 22 heavy (non-hydrogen) atoms. The molecule has 1 aliphatic rings. The molecule has 3 rings (SSSR count). The van der Waals surface area contributed by atoms with E-state index in [1.807, 2.05) is 11.5 Å². The number of hydrogen-bond donors (Lipinski definition) is 1. The van der Waals surface area contributed by atoms with Crippen LogP contribution in [0.3, 0.4) is 0 Å². The number of alkyl halides is 3. The van der Waals surface area contributed by atoms with E-state index in [4.69, 9.17) is 0 Å². The summed E-state index contributed by atoms with van der Waals surface area (Å²) in [6, 6.07) is 0.860. The molecule has 3 heterocycles. The molecule has 2 aromatic heterocycles. The van der Waals surface area contributed by atoms with Gasteiger partial charge in [-0.2, -0.15) is 13.2 Å². The van der Waals surface area contributed by atoms with Gasteiger partial charge in [-0.3, -0.25) is 0 Å². The first-order valence-electron chi connectivity index (χ1n) is 6.96. The molecule has 0 aliphatic carbocycles. The van der Waals surface area contributed by atoms with Crippen LogP contribution in [0, 0.1) is 12.8 Å². The third-order valence-corrected chi connectivity index (χ3v) is 3.72. The number of nitrogens with one attached hydrogen (secondary N) is 1. The van der Waals surface area contributed by atoms with E-state index in [1.54, 1.807) is 0 Å². The predicted octanol–water partition coefficient (Wildman–Crippen LogP) is 2.07. The molecule has 0 spiro atoms. The molecule has 0 aromatic carbocycles. The second-order valence-electron chi connectivity index (χ2n) is 5.32. The van der Waals surface area contributed by atoms with E-state index >= 15 is 0 Å². The fourth-order valence-corrected chi connectivity index (χ4v) is 2.53. The molecule has 1 atom stereocenters. The van der Waals surface area contributed by atoms with Crippen LogP contribution < -0.4 is 5.32 Å². The van der Waals surface area contributed by atoms with Crippen LogP contribution in [-0.2, 0) is 19.1 Å². The predicted molar refractivity (Wildman–Crippen MR) is 72.1 cm³/mol. The van der Waals surface area contributed by atoms with Crippen LogP contribution >= 0.6 is 0 Å². The molecule has 0 amide bonds. The van der Waals surface area contributed by atoms with Gasteiger partial charge in [0.05, 0.1) is 0 Å². The molecule has 9 heteroatoms. The first-order chi connectivity index (χ1) is 10.4. The highest BCUT2D eigenvalue weighted by atomic mass is 19.4. The number of fused-ring (bicyclic) bond motifs is 1. The van der Waals surface area contributed by atoms with Crippen molar-refractivity contribution in [3.8, 4) is 0 Å².